The molecule has 0 amide bonds. The van der Waals surface area contributed by atoms with E-state index in [2.05, 4.69) is 41.7 Å². The molecule has 3 rings (SSSR count). The van der Waals surface area contributed by atoms with E-state index in [1.165, 1.54) is 5.56 Å². The van der Waals surface area contributed by atoms with Crippen LogP contribution in [0.5, 0.6) is 0 Å². The number of rotatable bonds is 3. The summed E-state index contributed by atoms with van der Waals surface area (Å²) in [4.78, 5) is 11.9. The maximum Gasteiger partial charge on any atom is 0.152 e. The van der Waals surface area contributed by atoms with Crippen molar-refractivity contribution in [2.75, 3.05) is 5.32 Å². The first-order valence-electron chi connectivity index (χ1n) is 6.11. The molecular formula is C16H13NOS. The van der Waals surface area contributed by atoms with Gasteiger partial charge < -0.3 is 10.1 Å². The Bertz CT molecular complexity index is 622. The lowest BCUT2D eigenvalue weighted by atomic mass is 10.1. The molecule has 94 valence electrons. The summed E-state index contributed by atoms with van der Waals surface area (Å²) in [7, 11) is 0. The number of nitrogens with one attached hydrogen (secondary N) is 1. The largest absolute Gasteiger partial charge is 0.366 e. The molecular weight excluding hydrogens is 254 g/mol. The zero-order chi connectivity index (χ0) is 13.1. The first-order chi connectivity index (χ1) is 9.35. The van der Waals surface area contributed by atoms with Crippen LogP contribution in [0.4, 0.5) is 5.69 Å². The highest BCUT2D eigenvalue weighted by molar-refractivity contribution is 8.01. The smallest absolute Gasteiger partial charge is 0.152 e. The third-order valence-electron chi connectivity index (χ3n) is 2.95. The summed E-state index contributed by atoms with van der Waals surface area (Å²) >= 11 is 1.56. The van der Waals surface area contributed by atoms with Crippen LogP contribution in [-0.2, 0) is 4.79 Å². The molecule has 0 fully saturated rings. The van der Waals surface area contributed by atoms with E-state index in [0.29, 0.717) is 0 Å². The van der Waals surface area contributed by atoms with E-state index in [0.717, 1.165) is 22.4 Å². The molecule has 1 aliphatic heterocycles. The van der Waals surface area contributed by atoms with Crippen LogP contribution in [0, 0.1) is 0 Å². The molecule has 0 saturated heterocycles. The highest BCUT2D eigenvalue weighted by Gasteiger charge is 2.20. The Kier molecular flexibility index (Phi) is 3.38. The molecule has 3 heteroatoms. The van der Waals surface area contributed by atoms with Crippen LogP contribution in [-0.4, -0.2) is 11.7 Å². The number of anilines is 1. The summed E-state index contributed by atoms with van der Waals surface area (Å²) in [6.45, 7) is 0. The van der Waals surface area contributed by atoms with Gasteiger partial charge in [-0.25, -0.2) is 0 Å². The van der Waals surface area contributed by atoms with E-state index in [1.807, 2.05) is 24.3 Å². The molecule has 0 bridgehead atoms. The topological polar surface area (TPSA) is 29.1 Å². The van der Waals surface area contributed by atoms with E-state index in [4.69, 9.17) is 0 Å². The van der Waals surface area contributed by atoms with E-state index < -0.39 is 0 Å². The lowest BCUT2D eigenvalue weighted by Crippen LogP contribution is -2.10. The molecule has 2 nitrogen and oxygen atoms in total. The number of thioether (sulfide) groups is 1. The molecule has 0 saturated carbocycles. The number of hydrogen-bond donors (Lipinski definition) is 1. The van der Waals surface area contributed by atoms with Gasteiger partial charge in [0, 0.05) is 10.6 Å². The van der Waals surface area contributed by atoms with E-state index in [9.17, 15) is 4.79 Å². The average molecular weight is 267 g/mol. The molecule has 1 aliphatic rings. The van der Waals surface area contributed by atoms with Crippen LogP contribution in [0.1, 0.15) is 11.1 Å². The number of fused-ring (bicyclic) bond motifs is 1. The summed E-state index contributed by atoms with van der Waals surface area (Å²) in [5.41, 5.74) is 3.36. The number of benzene rings is 2. The highest BCUT2D eigenvalue weighted by atomic mass is 32.2. The van der Waals surface area contributed by atoms with Crippen LogP contribution in [0.25, 0.3) is 12.2 Å². The standard InChI is InChI=1S/C16H13NOS/c18-11-16-17-14-9-8-13(10-15(14)19-16)7-6-12-4-2-1-3-5-12/h1-11,16-17H. The second-order valence-corrected chi connectivity index (χ2v) is 5.50. The van der Waals surface area contributed by atoms with Gasteiger partial charge in [-0.15, -0.1) is 0 Å². The Morgan fingerprint density at radius 2 is 1.79 bits per heavy atom. The van der Waals surface area contributed by atoms with Gasteiger partial charge in [0.05, 0.1) is 0 Å². The predicted octanol–water partition coefficient (Wildman–Crippen LogP) is 3.90. The molecule has 1 heterocycles. The second kappa shape index (κ2) is 5.33. The van der Waals surface area contributed by atoms with Gasteiger partial charge in [-0.05, 0) is 23.3 Å². The Morgan fingerprint density at radius 3 is 2.58 bits per heavy atom. The van der Waals surface area contributed by atoms with Crippen LogP contribution in [0.2, 0.25) is 0 Å². The third kappa shape index (κ3) is 2.71. The zero-order valence-electron chi connectivity index (χ0n) is 10.2. The van der Waals surface area contributed by atoms with Gasteiger partial charge >= 0.3 is 0 Å². The molecule has 0 spiro atoms. The van der Waals surface area contributed by atoms with Gasteiger partial charge in [0.15, 0.2) is 6.29 Å². The second-order valence-electron chi connectivity index (χ2n) is 4.32. The summed E-state index contributed by atoms with van der Waals surface area (Å²) in [6.07, 6.45) is 5.11. The minimum absolute atomic E-state index is 0.150. The SMILES string of the molecule is O=CC1Nc2ccc(C=Cc3ccccc3)cc2S1. The summed E-state index contributed by atoms with van der Waals surface area (Å²) in [6, 6.07) is 16.4. The summed E-state index contributed by atoms with van der Waals surface area (Å²) < 4.78 is 0. The van der Waals surface area contributed by atoms with E-state index in [-0.39, 0.29) is 5.37 Å². The van der Waals surface area contributed by atoms with Crippen molar-refractivity contribution < 1.29 is 4.79 Å². The molecule has 2 aromatic rings. The maximum absolute atomic E-state index is 10.8. The van der Waals surface area contributed by atoms with Gasteiger partial charge in [0.1, 0.15) is 5.37 Å². The lowest BCUT2D eigenvalue weighted by molar-refractivity contribution is -0.107. The Hall–Kier alpha value is -2.00. The Morgan fingerprint density at radius 1 is 1.00 bits per heavy atom. The normalized spacial score (nSPS) is 17.2. The van der Waals surface area contributed by atoms with Crippen LogP contribution >= 0.6 is 11.8 Å². The van der Waals surface area contributed by atoms with Crippen molar-refractivity contribution in [1.29, 1.82) is 0 Å². The van der Waals surface area contributed by atoms with Gasteiger partial charge in [-0.2, -0.15) is 0 Å². The third-order valence-corrected chi connectivity index (χ3v) is 4.02. The van der Waals surface area contributed by atoms with Crippen molar-refractivity contribution in [2.24, 2.45) is 0 Å². The molecule has 1 atom stereocenters. The van der Waals surface area contributed by atoms with Gasteiger partial charge in [-0.3, -0.25) is 0 Å². The fourth-order valence-electron chi connectivity index (χ4n) is 2.00. The minimum atomic E-state index is -0.150. The first kappa shape index (κ1) is 12.1. The fourth-order valence-corrected chi connectivity index (χ4v) is 2.97. The van der Waals surface area contributed by atoms with Gasteiger partial charge in [-0.1, -0.05) is 60.3 Å². The van der Waals surface area contributed by atoms with Crippen LogP contribution in [0.15, 0.2) is 53.4 Å². The summed E-state index contributed by atoms with van der Waals surface area (Å²) in [5, 5.41) is 3.01. The molecule has 1 unspecified atom stereocenters. The number of aldehydes is 1. The highest BCUT2D eigenvalue weighted by Crippen LogP contribution is 2.38. The number of carbonyl (C=O) groups excluding carboxylic acids is 1. The van der Waals surface area contributed by atoms with E-state index in [1.54, 1.807) is 11.8 Å². The molecule has 0 aliphatic carbocycles. The molecule has 0 radical (unpaired) electrons. The number of carbonyl (C=O) groups is 1. The predicted molar refractivity (Wildman–Crippen MR) is 81.1 cm³/mol. The van der Waals surface area contributed by atoms with Crippen molar-refractivity contribution in [3.05, 3.63) is 59.7 Å². The lowest BCUT2D eigenvalue weighted by Gasteiger charge is -2.00. The molecule has 19 heavy (non-hydrogen) atoms. The van der Waals surface area contributed by atoms with Crippen LogP contribution < -0.4 is 5.32 Å². The van der Waals surface area contributed by atoms with Crippen molar-refractivity contribution >= 4 is 35.9 Å². The average Bonchev–Trinajstić information content (AvgIpc) is 2.88. The quantitative estimate of drug-likeness (QED) is 0.675. The minimum Gasteiger partial charge on any atom is -0.366 e. The van der Waals surface area contributed by atoms with E-state index >= 15 is 0 Å². The summed E-state index contributed by atoms with van der Waals surface area (Å²) in [5.74, 6) is 0. The van der Waals surface area contributed by atoms with Crippen molar-refractivity contribution in [1.82, 2.24) is 0 Å². The van der Waals surface area contributed by atoms with Gasteiger partial charge in [0.2, 0.25) is 0 Å². The zero-order valence-corrected chi connectivity index (χ0v) is 11.1. The number of hydrogen-bond acceptors (Lipinski definition) is 3. The molecule has 2 aromatic carbocycles. The van der Waals surface area contributed by atoms with Crippen LogP contribution in [0.3, 0.4) is 0 Å². The Labute approximate surface area is 116 Å². The van der Waals surface area contributed by atoms with Crippen molar-refractivity contribution in [2.45, 2.75) is 10.3 Å². The molecule has 1 N–H and O–H groups in total. The van der Waals surface area contributed by atoms with Crippen molar-refractivity contribution in [3.63, 3.8) is 0 Å². The Balaban J connectivity index is 1.81. The molecule has 0 aromatic heterocycles. The van der Waals surface area contributed by atoms with Gasteiger partial charge in [0.25, 0.3) is 0 Å². The monoisotopic (exact) mass is 267 g/mol. The van der Waals surface area contributed by atoms with Crippen molar-refractivity contribution in [3.8, 4) is 0 Å². The maximum atomic E-state index is 10.8. The first-order valence-corrected chi connectivity index (χ1v) is 6.99. The fraction of sp³-hybridized carbons (Fsp3) is 0.0625.